The van der Waals surface area contributed by atoms with Crippen molar-refractivity contribution in [2.45, 2.75) is 0 Å². The number of amides is 2. The molecule has 74 valence electrons. The molecule has 0 atom stereocenters. The van der Waals surface area contributed by atoms with Gasteiger partial charge in [0.15, 0.2) is 0 Å². The van der Waals surface area contributed by atoms with Gasteiger partial charge in [-0.05, 0) is 13.1 Å². The van der Waals surface area contributed by atoms with Crippen LogP contribution in [0, 0.1) is 0 Å². The van der Waals surface area contributed by atoms with Crippen LogP contribution < -0.4 is 11.1 Å². The molecule has 0 heterocycles. The smallest absolute Gasteiger partial charge is 0.241 e. The lowest BCUT2D eigenvalue weighted by Crippen LogP contribution is -2.33. The molecule has 0 radical (unpaired) electrons. The Morgan fingerprint density at radius 3 is 2.62 bits per heavy atom. The standard InChI is InChI=1S/C8H15N3O2/c1-10-8(13)6-11(2)5-3-4-7(9)12/h3-4H,5-6H2,1-2H3,(H2,9,12)(H,10,13)/b4-3+. The Kier molecular flexibility index (Phi) is 5.54. The minimum atomic E-state index is -0.478. The lowest BCUT2D eigenvalue weighted by molar-refractivity contribution is -0.121. The number of carbonyl (C=O) groups excluding carboxylic acids is 2. The number of nitrogens with one attached hydrogen (secondary N) is 1. The molecule has 0 aromatic carbocycles. The van der Waals surface area contributed by atoms with E-state index in [9.17, 15) is 9.59 Å². The summed E-state index contributed by atoms with van der Waals surface area (Å²) in [7, 11) is 3.36. The summed E-state index contributed by atoms with van der Waals surface area (Å²) in [6.07, 6.45) is 2.89. The molecule has 0 saturated carbocycles. The summed E-state index contributed by atoms with van der Waals surface area (Å²) in [6.45, 7) is 0.829. The van der Waals surface area contributed by atoms with Gasteiger partial charge in [-0.15, -0.1) is 0 Å². The van der Waals surface area contributed by atoms with Gasteiger partial charge in [0.2, 0.25) is 11.8 Å². The Balaban J connectivity index is 3.68. The van der Waals surface area contributed by atoms with Gasteiger partial charge in [-0.1, -0.05) is 6.08 Å². The van der Waals surface area contributed by atoms with Crippen LogP contribution in [0.3, 0.4) is 0 Å². The van der Waals surface area contributed by atoms with Crippen LogP contribution in [-0.4, -0.2) is 43.9 Å². The van der Waals surface area contributed by atoms with E-state index in [-0.39, 0.29) is 5.91 Å². The number of nitrogens with zero attached hydrogens (tertiary/aromatic N) is 1. The first-order valence-corrected chi connectivity index (χ1v) is 3.91. The number of rotatable bonds is 5. The van der Waals surface area contributed by atoms with Crippen molar-refractivity contribution in [1.29, 1.82) is 0 Å². The van der Waals surface area contributed by atoms with Crippen LogP contribution in [0.5, 0.6) is 0 Å². The topological polar surface area (TPSA) is 75.4 Å². The second kappa shape index (κ2) is 6.19. The molecule has 2 amide bonds. The molecule has 13 heavy (non-hydrogen) atoms. The summed E-state index contributed by atoms with van der Waals surface area (Å²) in [5.74, 6) is -0.539. The van der Waals surface area contributed by atoms with Gasteiger partial charge in [0.25, 0.3) is 0 Å². The molecule has 0 aliphatic heterocycles. The van der Waals surface area contributed by atoms with Crippen molar-refractivity contribution in [3.63, 3.8) is 0 Å². The minimum absolute atomic E-state index is 0.0602. The summed E-state index contributed by atoms with van der Waals surface area (Å²) >= 11 is 0. The van der Waals surface area contributed by atoms with Crippen LogP contribution in [0.4, 0.5) is 0 Å². The van der Waals surface area contributed by atoms with Gasteiger partial charge in [-0.3, -0.25) is 14.5 Å². The van der Waals surface area contributed by atoms with Crippen molar-refractivity contribution >= 4 is 11.8 Å². The Morgan fingerprint density at radius 1 is 1.54 bits per heavy atom. The van der Waals surface area contributed by atoms with Crippen molar-refractivity contribution in [1.82, 2.24) is 10.2 Å². The van der Waals surface area contributed by atoms with Crippen LogP contribution >= 0.6 is 0 Å². The summed E-state index contributed by atoms with van der Waals surface area (Å²) in [6, 6.07) is 0. The minimum Gasteiger partial charge on any atom is -0.366 e. The summed E-state index contributed by atoms with van der Waals surface area (Å²) in [5, 5.41) is 2.50. The predicted octanol–water partition coefficient (Wildman–Crippen LogP) is -1.29. The summed E-state index contributed by atoms with van der Waals surface area (Å²) < 4.78 is 0. The number of nitrogens with two attached hydrogens (primary N) is 1. The zero-order valence-corrected chi connectivity index (χ0v) is 7.91. The summed E-state index contributed by atoms with van der Waals surface area (Å²) in [5.41, 5.74) is 4.88. The molecule has 0 fully saturated rings. The van der Waals surface area contributed by atoms with E-state index in [1.165, 1.54) is 6.08 Å². The maximum Gasteiger partial charge on any atom is 0.241 e. The van der Waals surface area contributed by atoms with Gasteiger partial charge in [-0.25, -0.2) is 0 Å². The molecule has 3 N–H and O–H groups in total. The Bertz CT molecular complexity index is 213. The maximum absolute atomic E-state index is 10.9. The van der Waals surface area contributed by atoms with Gasteiger partial charge < -0.3 is 11.1 Å². The predicted molar refractivity (Wildman–Crippen MR) is 49.9 cm³/mol. The maximum atomic E-state index is 10.9. The number of carbonyl (C=O) groups is 2. The first-order chi connectivity index (χ1) is 6.06. The normalized spacial score (nSPS) is 10.7. The zero-order valence-electron chi connectivity index (χ0n) is 7.91. The van der Waals surface area contributed by atoms with E-state index in [2.05, 4.69) is 5.32 Å². The fraction of sp³-hybridized carbons (Fsp3) is 0.500. The van der Waals surface area contributed by atoms with Gasteiger partial charge in [0, 0.05) is 13.6 Å². The van der Waals surface area contributed by atoms with Crippen molar-refractivity contribution in [3.8, 4) is 0 Å². The molecule has 0 aliphatic rings. The van der Waals surface area contributed by atoms with E-state index < -0.39 is 5.91 Å². The van der Waals surface area contributed by atoms with Crippen molar-refractivity contribution in [3.05, 3.63) is 12.2 Å². The first-order valence-electron chi connectivity index (χ1n) is 3.91. The van der Waals surface area contributed by atoms with Crippen molar-refractivity contribution in [2.75, 3.05) is 27.2 Å². The molecule has 0 spiro atoms. The quantitative estimate of drug-likeness (QED) is 0.523. The van der Waals surface area contributed by atoms with Crippen LogP contribution in [0.15, 0.2) is 12.2 Å². The SMILES string of the molecule is CNC(=O)CN(C)C/C=C/C(N)=O. The highest BCUT2D eigenvalue weighted by Crippen LogP contribution is 1.82. The van der Waals surface area contributed by atoms with Gasteiger partial charge in [0.1, 0.15) is 0 Å². The molecule has 5 nitrogen and oxygen atoms in total. The highest BCUT2D eigenvalue weighted by atomic mass is 16.2. The zero-order chi connectivity index (χ0) is 10.3. The number of hydrogen-bond donors (Lipinski definition) is 2. The fourth-order valence-electron chi connectivity index (χ4n) is 0.738. The van der Waals surface area contributed by atoms with Crippen LogP contribution in [0.1, 0.15) is 0 Å². The molecule has 0 aromatic rings. The Labute approximate surface area is 77.6 Å². The molecular formula is C8H15N3O2. The van der Waals surface area contributed by atoms with Crippen molar-refractivity contribution in [2.24, 2.45) is 5.73 Å². The average molecular weight is 185 g/mol. The monoisotopic (exact) mass is 185 g/mol. The third-order valence-electron chi connectivity index (χ3n) is 1.39. The van der Waals surface area contributed by atoms with Crippen LogP contribution in [-0.2, 0) is 9.59 Å². The molecule has 0 saturated heterocycles. The second-order valence-electron chi connectivity index (χ2n) is 2.67. The molecular weight excluding hydrogens is 170 g/mol. The number of primary amides is 1. The Hall–Kier alpha value is -1.36. The highest BCUT2D eigenvalue weighted by Gasteiger charge is 2.01. The fourth-order valence-corrected chi connectivity index (χ4v) is 0.738. The highest BCUT2D eigenvalue weighted by molar-refractivity contribution is 5.85. The van der Waals surface area contributed by atoms with E-state index in [1.54, 1.807) is 25.1 Å². The van der Waals surface area contributed by atoms with E-state index in [0.717, 1.165) is 0 Å². The molecule has 0 unspecified atom stereocenters. The summed E-state index contributed by atoms with van der Waals surface area (Å²) in [4.78, 5) is 22.9. The third kappa shape index (κ3) is 7.02. The van der Waals surface area contributed by atoms with E-state index in [1.807, 2.05) is 0 Å². The van der Waals surface area contributed by atoms with Crippen LogP contribution in [0.2, 0.25) is 0 Å². The van der Waals surface area contributed by atoms with Gasteiger partial charge in [0.05, 0.1) is 6.54 Å². The Morgan fingerprint density at radius 2 is 2.15 bits per heavy atom. The number of likely N-dealkylation sites (N-methyl/N-ethyl adjacent to an activating group) is 2. The van der Waals surface area contributed by atoms with E-state index in [0.29, 0.717) is 13.1 Å². The lowest BCUT2D eigenvalue weighted by atomic mass is 10.4. The first kappa shape index (κ1) is 11.6. The second-order valence-corrected chi connectivity index (χ2v) is 2.67. The van der Waals surface area contributed by atoms with E-state index >= 15 is 0 Å². The largest absolute Gasteiger partial charge is 0.366 e. The van der Waals surface area contributed by atoms with Gasteiger partial charge in [-0.2, -0.15) is 0 Å². The lowest BCUT2D eigenvalue weighted by Gasteiger charge is -2.12. The van der Waals surface area contributed by atoms with Crippen LogP contribution in [0.25, 0.3) is 0 Å². The molecule has 0 aliphatic carbocycles. The molecule has 0 bridgehead atoms. The van der Waals surface area contributed by atoms with Gasteiger partial charge >= 0.3 is 0 Å². The number of hydrogen-bond acceptors (Lipinski definition) is 3. The van der Waals surface area contributed by atoms with E-state index in [4.69, 9.17) is 5.73 Å². The third-order valence-corrected chi connectivity index (χ3v) is 1.39. The average Bonchev–Trinajstić information content (AvgIpc) is 2.03. The van der Waals surface area contributed by atoms with Crippen molar-refractivity contribution < 1.29 is 9.59 Å². The molecule has 5 heteroatoms. The molecule has 0 aromatic heterocycles. The molecule has 0 rings (SSSR count).